The number of rotatable bonds is 12. The summed E-state index contributed by atoms with van der Waals surface area (Å²) in [6.45, 7) is 0. The molecule has 0 radical (unpaired) electrons. The fourth-order valence-corrected chi connectivity index (χ4v) is 14.1. The second-order valence-corrected chi connectivity index (χ2v) is 21.2. The number of aliphatic imine (C=N–C) groups is 2. The van der Waals surface area contributed by atoms with Crippen molar-refractivity contribution in [3.63, 3.8) is 0 Å². The van der Waals surface area contributed by atoms with Crippen molar-refractivity contribution in [1.29, 1.82) is 0 Å². The van der Waals surface area contributed by atoms with E-state index < -0.39 is 28.0 Å². The number of hydrogen-bond acceptors (Lipinski definition) is 7. The van der Waals surface area contributed by atoms with Gasteiger partial charge < -0.3 is 10.2 Å². The Bertz CT molecular complexity index is 3200. The van der Waals surface area contributed by atoms with E-state index in [0.717, 1.165) is 84.7 Å². The summed E-state index contributed by atoms with van der Waals surface area (Å²) >= 11 is -0.532. The summed E-state index contributed by atoms with van der Waals surface area (Å²) in [6, 6.07) is 53.5. The molecule has 1 N–H and O–H groups in total. The van der Waals surface area contributed by atoms with Crippen LogP contribution in [-0.4, -0.2) is 36.7 Å². The van der Waals surface area contributed by atoms with Gasteiger partial charge in [-0.1, -0.05) is 127 Å². The van der Waals surface area contributed by atoms with Gasteiger partial charge in [-0.3, -0.25) is 18.8 Å². The monoisotopic (exact) mass is 991 g/mol. The Morgan fingerprint density at radius 1 is 0.697 bits per heavy atom. The van der Waals surface area contributed by atoms with Gasteiger partial charge in [0.2, 0.25) is 0 Å². The molecule has 0 saturated heterocycles. The van der Waals surface area contributed by atoms with Crippen molar-refractivity contribution in [2.75, 3.05) is 9.80 Å². The zero-order chi connectivity index (χ0) is 44.3. The summed E-state index contributed by atoms with van der Waals surface area (Å²) in [4.78, 5) is 20.7. The Kier molecular flexibility index (Phi) is 11.7. The molecule has 2 aromatic heterocycles. The zero-order valence-corrected chi connectivity index (χ0v) is 39.2. The van der Waals surface area contributed by atoms with Gasteiger partial charge in [-0.2, -0.15) is 0 Å². The lowest BCUT2D eigenvalue weighted by Gasteiger charge is -2.32. The molecule has 11 rings (SSSR count). The fourth-order valence-electron chi connectivity index (χ4n) is 9.18. The minimum Gasteiger partial charge on any atom is -0.369 e. The van der Waals surface area contributed by atoms with Gasteiger partial charge in [0.15, 0.2) is 3.76 Å². The van der Waals surface area contributed by atoms with Crippen LogP contribution in [-0.2, 0) is 11.0 Å². The SMILES string of the molecule is O=P(C1=CC=CC(C2=NC(N(C3=CCCC=C3)c3ccccc3)=IC=C2)N1)(c1cccc(CC2=NC(N(c3ccccc3)c3ccccc3)CC=C2)n1)n1c2ccccc2c2ccccc21. The molecule has 5 heterocycles. The Hall–Kier alpha value is -6.94. The second kappa shape index (κ2) is 18.5. The first kappa shape index (κ1) is 41.7. The average molecular weight is 992 g/mol. The smallest absolute Gasteiger partial charge is 0.267 e. The van der Waals surface area contributed by atoms with E-state index in [9.17, 15) is 0 Å². The summed E-state index contributed by atoms with van der Waals surface area (Å²) in [5.41, 5.74) is 9.83. The predicted octanol–water partition coefficient (Wildman–Crippen LogP) is 12.9. The van der Waals surface area contributed by atoms with Crippen LogP contribution in [0.5, 0.6) is 0 Å². The molecule has 0 bridgehead atoms. The van der Waals surface area contributed by atoms with Gasteiger partial charge in [0.05, 0.1) is 28.2 Å². The van der Waals surface area contributed by atoms with Gasteiger partial charge in [0.25, 0.3) is 7.29 Å². The van der Waals surface area contributed by atoms with E-state index in [1.807, 2.05) is 71.1 Å². The first-order chi connectivity index (χ1) is 32.6. The molecule has 8 nitrogen and oxygen atoms in total. The first-order valence-corrected chi connectivity index (χ1v) is 26.4. The van der Waals surface area contributed by atoms with Crippen LogP contribution in [0.25, 0.3) is 21.8 Å². The lowest BCUT2D eigenvalue weighted by Crippen LogP contribution is -2.39. The Morgan fingerprint density at radius 3 is 2.05 bits per heavy atom. The van der Waals surface area contributed by atoms with Gasteiger partial charge in [-0.25, -0.2) is 9.98 Å². The van der Waals surface area contributed by atoms with Crippen molar-refractivity contribution >= 4 is 87.5 Å². The predicted molar refractivity (Wildman–Crippen MR) is 285 cm³/mol. The Balaban J connectivity index is 0.975. The molecular formula is C56H47IN7OP. The maximum absolute atomic E-state index is 17.0. The van der Waals surface area contributed by atoms with E-state index in [1.165, 1.54) is 0 Å². The van der Waals surface area contributed by atoms with Crippen LogP contribution in [0.4, 0.5) is 17.1 Å². The third kappa shape index (κ3) is 8.07. The molecule has 5 aromatic carbocycles. The number of hydrogen-bond donors (Lipinski definition) is 1. The highest BCUT2D eigenvalue weighted by Gasteiger charge is 2.39. The van der Waals surface area contributed by atoms with Gasteiger partial charge in [0.1, 0.15) is 11.6 Å². The molecule has 7 aromatic rings. The molecule has 3 unspecified atom stereocenters. The summed E-state index contributed by atoms with van der Waals surface area (Å²) in [5, 5.41) is 5.87. The lowest BCUT2D eigenvalue weighted by molar-refractivity contribution is 0.577. The molecule has 66 heavy (non-hydrogen) atoms. The minimum absolute atomic E-state index is 0.144. The third-order valence-electron chi connectivity index (χ3n) is 12.2. The number of para-hydroxylation sites is 5. The molecule has 3 aliphatic heterocycles. The molecule has 0 fully saturated rings. The van der Waals surface area contributed by atoms with Crippen molar-refractivity contribution in [2.45, 2.75) is 37.9 Å². The number of aromatic nitrogens is 2. The van der Waals surface area contributed by atoms with Crippen LogP contribution in [0.1, 0.15) is 25.0 Å². The number of fused-ring (bicyclic) bond motifs is 3. The van der Waals surface area contributed by atoms with E-state index in [0.29, 0.717) is 17.3 Å². The summed E-state index contributed by atoms with van der Waals surface area (Å²) in [7, 11) is -3.79. The van der Waals surface area contributed by atoms with Crippen molar-refractivity contribution in [3.05, 3.63) is 233 Å². The Morgan fingerprint density at radius 2 is 1.36 bits per heavy atom. The third-order valence-corrected chi connectivity index (χ3v) is 17.0. The highest BCUT2D eigenvalue weighted by molar-refractivity contribution is 14.2. The molecule has 4 aliphatic rings. The second-order valence-electron chi connectivity index (χ2n) is 16.4. The van der Waals surface area contributed by atoms with Crippen molar-refractivity contribution < 1.29 is 4.57 Å². The molecule has 1 aliphatic carbocycles. The Labute approximate surface area is 395 Å². The number of nitrogens with zero attached hydrogens (tertiary/aromatic N) is 6. The van der Waals surface area contributed by atoms with Crippen LogP contribution < -0.4 is 20.6 Å². The number of allylic oxidation sites excluding steroid dienone is 6. The number of dihydropyridines is 2. The first-order valence-electron chi connectivity index (χ1n) is 22.4. The van der Waals surface area contributed by atoms with Crippen molar-refractivity contribution in [1.82, 2.24) is 14.6 Å². The largest absolute Gasteiger partial charge is 0.369 e. The maximum atomic E-state index is 17.0. The van der Waals surface area contributed by atoms with Crippen LogP contribution >= 0.6 is 28.0 Å². The van der Waals surface area contributed by atoms with Crippen LogP contribution in [0.3, 0.4) is 0 Å². The summed E-state index contributed by atoms with van der Waals surface area (Å²) in [6.07, 6.45) is 22.4. The quantitative estimate of drug-likeness (QED) is 0.0975. The average Bonchev–Trinajstić information content (AvgIpc) is 3.73. The maximum Gasteiger partial charge on any atom is 0.267 e. The number of anilines is 3. The lowest BCUT2D eigenvalue weighted by atomic mass is 10.1. The summed E-state index contributed by atoms with van der Waals surface area (Å²) in [5.74, 6) is 0. The zero-order valence-electron chi connectivity index (χ0n) is 36.2. The highest BCUT2D eigenvalue weighted by Crippen LogP contribution is 2.57. The van der Waals surface area contributed by atoms with Gasteiger partial charge in [0, 0.05) is 57.8 Å². The van der Waals surface area contributed by atoms with Gasteiger partial charge in [-0.15, -0.1) is 0 Å². The number of nitrogens with one attached hydrogen (secondary N) is 1. The molecule has 324 valence electrons. The fraction of sp³-hybridized carbons (Fsp3) is 0.107. The molecular weight excluding hydrogens is 945 g/mol. The van der Waals surface area contributed by atoms with Crippen LogP contribution in [0.15, 0.2) is 238 Å². The number of halogens is 1. The highest BCUT2D eigenvalue weighted by atomic mass is 127. The number of pyridine rings is 1. The molecule has 10 heteroatoms. The normalized spacial score (nSPS) is 18.8. The van der Waals surface area contributed by atoms with Gasteiger partial charge >= 0.3 is 0 Å². The van der Waals surface area contributed by atoms with Gasteiger partial charge in [-0.05, 0) is 123 Å². The molecule has 0 spiro atoms. The number of benzene rings is 5. The van der Waals surface area contributed by atoms with Crippen molar-refractivity contribution in [2.24, 2.45) is 9.98 Å². The standard InChI is InChI=1S/C56H47IN7OP/c65-66(64-51-33-15-13-30-47(51)48-31-14-16-34-52(48)64,55-37-19-32-49(60-55)50-38-39-57-56(61-50)63(45-26-9-3-10-27-45)46-28-11-4-12-29-46)54-36-18-21-42(59-54)40-41-20-17-35-53(58-41)62(43-22-5-1-6-23-43)44-24-7-2-8-25-44/h1-3,5-11,13-34,36-39,49,53,60H,4,12,35,40H2. The van der Waals surface area contributed by atoms with E-state index in [2.05, 4.69) is 165 Å². The minimum atomic E-state index is -3.79. The van der Waals surface area contributed by atoms with E-state index >= 15 is 4.57 Å². The van der Waals surface area contributed by atoms with E-state index in [-0.39, 0.29) is 12.2 Å². The van der Waals surface area contributed by atoms with Crippen LogP contribution in [0, 0.1) is 0 Å². The van der Waals surface area contributed by atoms with E-state index in [4.69, 9.17) is 15.0 Å². The van der Waals surface area contributed by atoms with Crippen LogP contribution in [0.2, 0.25) is 0 Å². The molecule has 3 atom stereocenters. The topological polar surface area (TPSA) is 78.1 Å². The molecule has 0 amide bonds. The summed E-state index contributed by atoms with van der Waals surface area (Å²) < 4.78 is 22.3. The van der Waals surface area contributed by atoms with Crippen molar-refractivity contribution in [3.8, 4) is 0 Å². The van der Waals surface area contributed by atoms with E-state index in [1.54, 1.807) is 0 Å². The molecule has 0 saturated carbocycles.